The fraction of sp³-hybridized carbons (Fsp3) is 0.400. The van der Waals surface area contributed by atoms with Gasteiger partial charge in [-0.1, -0.05) is 5.21 Å². The van der Waals surface area contributed by atoms with Gasteiger partial charge >= 0.3 is 11.9 Å². The van der Waals surface area contributed by atoms with E-state index < -0.39 is 17.9 Å². The van der Waals surface area contributed by atoms with Crippen LogP contribution in [-0.2, 0) is 9.59 Å². The summed E-state index contributed by atoms with van der Waals surface area (Å²) < 4.78 is 0. The van der Waals surface area contributed by atoms with Crippen molar-refractivity contribution in [1.29, 1.82) is 0 Å². The Hall–Kier alpha value is -1.99. The molecule has 0 aromatic carbocycles. The molecule has 1 atom stereocenters. The van der Waals surface area contributed by atoms with Crippen molar-refractivity contribution < 1.29 is 14.7 Å². The maximum Gasteiger partial charge on any atom is 0.394 e. The number of amides is 1. The second-order valence-electron chi connectivity index (χ2n) is 2.27. The first-order valence-corrected chi connectivity index (χ1v) is 3.38. The van der Waals surface area contributed by atoms with Crippen LogP contribution in [0.3, 0.4) is 0 Å². The number of hydrogen-bond donors (Lipinski definition) is 3. The van der Waals surface area contributed by atoms with Crippen molar-refractivity contribution in [2.75, 3.05) is 0 Å². The lowest BCUT2D eigenvalue weighted by atomic mass is 10.3. The number of carboxylic acid groups (broad SMARTS) is 1. The van der Waals surface area contributed by atoms with Gasteiger partial charge in [0, 0.05) is 0 Å². The quantitative estimate of drug-likeness (QED) is 0.480. The van der Waals surface area contributed by atoms with E-state index >= 15 is 0 Å². The molecule has 1 amide bonds. The van der Waals surface area contributed by atoms with Crippen molar-refractivity contribution in [2.24, 2.45) is 0 Å². The Balaban J connectivity index is 2.56. The molecule has 70 valence electrons. The van der Waals surface area contributed by atoms with Crippen molar-refractivity contribution in [2.45, 2.75) is 13.0 Å². The van der Waals surface area contributed by atoms with Gasteiger partial charge in [-0.3, -0.25) is 4.79 Å². The smallest absolute Gasteiger partial charge is 0.394 e. The number of nitrogens with one attached hydrogen (secondary N) is 2. The highest BCUT2D eigenvalue weighted by atomic mass is 16.4. The van der Waals surface area contributed by atoms with Gasteiger partial charge in [0.1, 0.15) is 0 Å². The molecular formula is C5H7N5O3. The van der Waals surface area contributed by atoms with E-state index in [9.17, 15) is 9.59 Å². The van der Waals surface area contributed by atoms with E-state index in [1.807, 2.05) is 0 Å². The Morgan fingerprint density at radius 3 is 2.77 bits per heavy atom. The summed E-state index contributed by atoms with van der Waals surface area (Å²) in [5, 5.41) is 23.0. The van der Waals surface area contributed by atoms with Gasteiger partial charge in [-0.2, -0.15) is 5.21 Å². The van der Waals surface area contributed by atoms with Crippen molar-refractivity contribution in [3.63, 3.8) is 0 Å². The van der Waals surface area contributed by atoms with Crippen molar-refractivity contribution >= 4 is 11.9 Å². The predicted molar refractivity (Wildman–Crippen MR) is 38.4 cm³/mol. The number of H-pyrrole nitrogens is 1. The second kappa shape index (κ2) is 3.61. The SMILES string of the molecule is CC(NC(=O)C(=O)O)c1nn[nH]n1. The van der Waals surface area contributed by atoms with E-state index in [0.717, 1.165) is 0 Å². The highest BCUT2D eigenvalue weighted by Gasteiger charge is 2.17. The number of nitrogens with zero attached hydrogens (tertiary/aromatic N) is 3. The van der Waals surface area contributed by atoms with Crippen molar-refractivity contribution in [3.05, 3.63) is 5.82 Å². The molecule has 0 spiro atoms. The van der Waals surface area contributed by atoms with Crippen LogP contribution in [0.1, 0.15) is 18.8 Å². The number of carbonyl (C=O) groups excluding carboxylic acids is 1. The molecule has 0 aliphatic rings. The van der Waals surface area contributed by atoms with Crippen LogP contribution >= 0.6 is 0 Å². The van der Waals surface area contributed by atoms with E-state index in [0.29, 0.717) is 0 Å². The Morgan fingerprint density at radius 2 is 2.31 bits per heavy atom. The average Bonchev–Trinajstić information content (AvgIpc) is 2.55. The number of aromatic amines is 1. The molecule has 8 nitrogen and oxygen atoms in total. The molecule has 1 unspecified atom stereocenters. The summed E-state index contributed by atoms with van der Waals surface area (Å²) in [4.78, 5) is 20.8. The number of carbonyl (C=O) groups is 2. The monoisotopic (exact) mass is 185 g/mol. The van der Waals surface area contributed by atoms with Crippen LogP contribution < -0.4 is 5.32 Å². The maximum absolute atomic E-state index is 10.7. The third-order valence-electron chi connectivity index (χ3n) is 1.29. The lowest BCUT2D eigenvalue weighted by Crippen LogP contribution is -2.33. The number of aromatic nitrogens is 4. The van der Waals surface area contributed by atoms with Crippen LogP contribution in [0.4, 0.5) is 0 Å². The van der Waals surface area contributed by atoms with Crippen LogP contribution in [0.15, 0.2) is 0 Å². The second-order valence-corrected chi connectivity index (χ2v) is 2.27. The highest BCUT2D eigenvalue weighted by molar-refractivity contribution is 6.31. The number of tetrazole rings is 1. The van der Waals surface area contributed by atoms with Gasteiger partial charge in [0.25, 0.3) is 0 Å². The fourth-order valence-corrected chi connectivity index (χ4v) is 0.676. The molecule has 1 heterocycles. The van der Waals surface area contributed by atoms with Gasteiger partial charge in [0.05, 0.1) is 6.04 Å². The minimum Gasteiger partial charge on any atom is -0.474 e. The molecule has 13 heavy (non-hydrogen) atoms. The number of carboxylic acids is 1. The van der Waals surface area contributed by atoms with Gasteiger partial charge in [-0.05, 0) is 6.92 Å². The molecule has 0 saturated heterocycles. The van der Waals surface area contributed by atoms with Crippen LogP contribution in [-0.4, -0.2) is 37.6 Å². The lowest BCUT2D eigenvalue weighted by Gasteiger charge is -2.05. The highest BCUT2D eigenvalue weighted by Crippen LogP contribution is 2.01. The summed E-state index contributed by atoms with van der Waals surface area (Å²) in [7, 11) is 0. The van der Waals surface area contributed by atoms with Gasteiger partial charge < -0.3 is 10.4 Å². The summed E-state index contributed by atoms with van der Waals surface area (Å²) in [5.41, 5.74) is 0. The summed E-state index contributed by atoms with van der Waals surface area (Å²) >= 11 is 0. The molecule has 0 radical (unpaired) electrons. The van der Waals surface area contributed by atoms with E-state index in [1.165, 1.54) is 0 Å². The Bertz CT molecular complexity index is 308. The third-order valence-corrected chi connectivity index (χ3v) is 1.29. The van der Waals surface area contributed by atoms with Gasteiger partial charge in [0.15, 0.2) is 5.82 Å². The van der Waals surface area contributed by atoms with Gasteiger partial charge in [-0.15, -0.1) is 10.2 Å². The van der Waals surface area contributed by atoms with E-state index in [4.69, 9.17) is 5.11 Å². The Morgan fingerprint density at radius 1 is 1.62 bits per heavy atom. The molecule has 8 heteroatoms. The largest absolute Gasteiger partial charge is 0.474 e. The topological polar surface area (TPSA) is 121 Å². The molecular weight excluding hydrogens is 178 g/mol. The fourth-order valence-electron chi connectivity index (χ4n) is 0.676. The number of rotatable bonds is 2. The Kier molecular flexibility index (Phi) is 2.52. The third kappa shape index (κ3) is 2.22. The zero-order valence-corrected chi connectivity index (χ0v) is 6.68. The summed E-state index contributed by atoms with van der Waals surface area (Å²) in [6.45, 7) is 1.55. The van der Waals surface area contributed by atoms with Crippen LogP contribution in [0, 0.1) is 0 Å². The van der Waals surface area contributed by atoms with E-state index in [2.05, 4.69) is 25.9 Å². The van der Waals surface area contributed by atoms with Crippen LogP contribution in [0.25, 0.3) is 0 Å². The summed E-state index contributed by atoms with van der Waals surface area (Å²) in [6, 6.07) is -0.581. The minimum absolute atomic E-state index is 0.231. The molecule has 1 rings (SSSR count). The van der Waals surface area contributed by atoms with Crippen LogP contribution in [0.2, 0.25) is 0 Å². The summed E-state index contributed by atoms with van der Waals surface area (Å²) in [5.74, 6) is -2.41. The first-order valence-electron chi connectivity index (χ1n) is 3.38. The zero-order chi connectivity index (χ0) is 9.84. The minimum atomic E-state index is -1.55. The normalized spacial score (nSPS) is 12.1. The van der Waals surface area contributed by atoms with Crippen molar-refractivity contribution in [3.8, 4) is 0 Å². The molecule has 0 bridgehead atoms. The predicted octanol–water partition coefficient (Wildman–Crippen LogP) is -1.54. The molecule has 0 fully saturated rings. The van der Waals surface area contributed by atoms with Gasteiger partial charge in [-0.25, -0.2) is 4.79 Å². The summed E-state index contributed by atoms with van der Waals surface area (Å²) in [6.07, 6.45) is 0. The molecule has 0 saturated carbocycles. The van der Waals surface area contributed by atoms with E-state index in [-0.39, 0.29) is 5.82 Å². The molecule has 0 aliphatic carbocycles. The molecule has 1 aromatic heterocycles. The maximum atomic E-state index is 10.7. The molecule has 0 aliphatic heterocycles. The van der Waals surface area contributed by atoms with Crippen molar-refractivity contribution in [1.82, 2.24) is 25.9 Å². The van der Waals surface area contributed by atoms with Crippen LogP contribution in [0.5, 0.6) is 0 Å². The first-order chi connectivity index (χ1) is 6.11. The standard InChI is InChI=1S/C5H7N5O3/c1-2(3-7-9-10-8-3)6-4(11)5(12)13/h2H,1H3,(H,6,11)(H,12,13)(H,7,8,9,10). The molecule has 1 aromatic rings. The Labute approximate surface area is 72.3 Å². The zero-order valence-electron chi connectivity index (χ0n) is 6.68. The average molecular weight is 185 g/mol. The number of hydrogen-bond acceptors (Lipinski definition) is 5. The van der Waals surface area contributed by atoms with E-state index in [1.54, 1.807) is 6.92 Å². The number of aliphatic carboxylic acids is 1. The van der Waals surface area contributed by atoms with Gasteiger partial charge in [0.2, 0.25) is 0 Å². The molecule has 3 N–H and O–H groups in total. The lowest BCUT2D eigenvalue weighted by molar-refractivity contribution is -0.150. The first kappa shape index (κ1) is 9.10.